The number of esters is 3. The lowest BCUT2D eigenvalue weighted by atomic mass is 10.0. The molecule has 0 radical (unpaired) electrons. The molecule has 0 aliphatic carbocycles. The second kappa shape index (κ2) is 10.9. The van der Waals surface area contributed by atoms with E-state index in [2.05, 4.69) is 6.58 Å². The van der Waals surface area contributed by atoms with Crippen LogP contribution in [0.4, 0.5) is 0 Å². The third-order valence-electron chi connectivity index (χ3n) is 4.05. The fourth-order valence-corrected chi connectivity index (χ4v) is 2.79. The van der Waals surface area contributed by atoms with Crippen LogP contribution >= 0.6 is 0 Å². The largest absolute Gasteiger partial charge is 0.426 e. The average molecular weight is 434 g/mol. The molecule has 0 unspecified atom stereocenters. The van der Waals surface area contributed by atoms with Gasteiger partial charge in [-0.2, -0.15) is 0 Å². The topological polar surface area (TPSA) is 78.9 Å². The number of hydrogen-bond acceptors (Lipinski definition) is 6. The molecule has 0 atom stereocenters. The highest BCUT2D eigenvalue weighted by molar-refractivity contribution is 5.81. The molecule has 0 heterocycles. The predicted octanol–water partition coefficient (Wildman–Crippen LogP) is 5.53. The normalized spacial score (nSPS) is 10.9. The van der Waals surface area contributed by atoms with Crippen LogP contribution in [0, 0.1) is 6.92 Å². The summed E-state index contributed by atoms with van der Waals surface area (Å²) >= 11 is 0. The van der Waals surface area contributed by atoms with Gasteiger partial charge in [0.15, 0.2) is 0 Å². The van der Waals surface area contributed by atoms with E-state index in [0.29, 0.717) is 22.4 Å². The third kappa shape index (κ3) is 7.40. The van der Waals surface area contributed by atoms with Gasteiger partial charge in [-0.1, -0.05) is 42.5 Å². The Labute approximate surface area is 187 Å². The van der Waals surface area contributed by atoms with Crippen LogP contribution in [0.15, 0.2) is 48.6 Å². The van der Waals surface area contributed by atoms with Crippen molar-refractivity contribution in [2.75, 3.05) is 0 Å². The van der Waals surface area contributed by atoms with Gasteiger partial charge in [0.25, 0.3) is 0 Å². The van der Waals surface area contributed by atoms with E-state index in [1.54, 1.807) is 42.5 Å². The van der Waals surface area contributed by atoms with Crippen LogP contribution in [0.5, 0.6) is 17.2 Å². The summed E-state index contributed by atoms with van der Waals surface area (Å²) in [5, 5.41) is 0. The number of hydrogen-bond donors (Lipinski definition) is 0. The molecule has 0 aliphatic heterocycles. The zero-order chi connectivity index (χ0) is 23.8. The van der Waals surface area contributed by atoms with E-state index in [1.807, 2.05) is 26.0 Å². The molecular formula is C26H26O6. The molecule has 0 spiro atoms. The van der Waals surface area contributed by atoms with Gasteiger partial charge in [-0.25, -0.2) is 0 Å². The van der Waals surface area contributed by atoms with E-state index < -0.39 is 17.9 Å². The highest BCUT2D eigenvalue weighted by Crippen LogP contribution is 2.34. The Morgan fingerprint density at radius 1 is 0.750 bits per heavy atom. The second-order valence-electron chi connectivity index (χ2n) is 7.27. The van der Waals surface area contributed by atoms with Crippen molar-refractivity contribution in [3.8, 4) is 17.2 Å². The minimum atomic E-state index is -0.513. The smallest absolute Gasteiger partial charge is 0.308 e. The van der Waals surface area contributed by atoms with E-state index in [-0.39, 0.29) is 11.5 Å². The maximum Gasteiger partial charge on any atom is 0.308 e. The number of aryl methyl sites for hydroxylation is 1. The molecule has 0 saturated heterocycles. The minimum absolute atomic E-state index is 0.234. The predicted molar refractivity (Wildman–Crippen MR) is 124 cm³/mol. The quantitative estimate of drug-likeness (QED) is 0.247. The van der Waals surface area contributed by atoms with Crippen molar-refractivity contribution in [2.45, 2.75) is 34.6 Å². The van der Waals surface area contributed by atoms with Crippen molar-refractivity contribution in [1.29, 1.82) is 0 Å². The van der Waals surface area contributed by atoms with Crippen LogP contribution in [-0.2, 0) is 14.4 Å². The number of ether oxygens (including phenoxy) is 3. The zero-order valence-electron chi connectivity index (χ0n) is 18.9. The van der Waals surface area contributed by atoms with Crippen LogP contribution < -0.4 is 14.2 Å². The van der Waals surface area contributed by atoms with E-state index in [4.69, 9.17) is 14.2 Å². The van der Waals surface area contributed by atoms with Gasteiger partial charge in [0.05, 0.1) is 5.56 Å². The Balaban J connectivity index is 2.59. The average Bonchev–Trinajstić information content (AvgIpc) is 2.65. The number of carbonyl (C=O) groups excluding carboxylic acids is 3. The first-order chi connectivity index (χ1) is 15.0. The van der Waals surface area contributed by atoms with Crippen LogP contribution in [0.25, 0.3) is 18.2 Å². The van der Waals surface area contributed by atoms with Gasteiger partial charge in [0.2, 0.25) is 0 Å². The first-order valence-corrected chi connectivity index (χ1v) is 9.90. The van der Waals surface area contributed by atoms with Gasteiger partial charge < -0.3 is 14.2 Å². The molecule has 6 nitrogen and oxygen atoms in total. The lowest BCUT2D eigenvalue weighted by molar-refractivity contribution is -0.133. The summed E-state index contributed by atoms with van der Waals surface area (Å²) in [6, 6.07) is 8.80. The number of allylic oxidation sites excluding steroid dienone is 2. The van der Waals surface area contributed by atoms with Gasteiger partial charge in [-0.15, -0.1) is 0 Å². The lowest BCUT2D eigenvalue weighted by Gasteiger charge is -2.13. The summed E-state index contributed by atoms with van der Waals surface area (Å²) in [5.41, 5.74) is 3.45. The molecule has 0 fully saturated rings. The minimum Gasteiger partial charge on any atom is -0.426 e. The molecule has 6 heteroatoms. The van der Waals surface area contributed by atoms with Crippen molar-refractivity contribution < 1.29 is 28.6 Å². The summed E-state index contributed by atoms with van der Waals surface area (Å²) in [5.74, 6) is -0.556. The van der Waals surface area contributed by atoms with Crippen molar-refractivity contribution in [1.82, 2.24) is 0 Å². The monoisotopic (exact) mass is 434 g/mol. The van der Waals surface area contributed by atoms with E-state index in [1.165, 1.54) is 20.8 Å². The van der Waals surface area contributed by atoms with Crippen LogP contribution in [0.3, 0.4) is 0 Å². The molecule has 0 amide bonds. The standard InChI is InChI=1S/C26H26O6/c1-16(2)7-12-23-25(31-19(5)28)14-21(15-26(23)32-20(6)29)9-11-22-10-8-17(3)13-24(22)30-18(4)27/h7-15H,1H2,2-6H3/b11-9+,12-7+. The molecule has 0 aliphatic rings. The van der Waals surface area contributed by atoms with Crippen molar-refractivity contribution in [2.24, 2.45) is 0 Å². The van der Waals surface area contributed by atoms with E-state index in [0.717, 1.165) is 11.1 Å². The lowest BCUT2D eigenvalue weighted by Crippen LogP contribution is -2.07. The third-order valence-corrected chi connectivity index (χ3v) is 4.05. The van der Waals surface area contributed by atoms with Crippen molar-refractivity contribution in [3.05, 3.63) is 70.8 Å². The highest BCUT2D eigenvalue weighted by Gasteiger charge is 2.14. The van der Waals surface area contributed by atoms with Gasteiger partial charge in [0.1, 0.15) is 17.2 Å². The Kier molecular flexibility index (Phi) is 8.30. The summed E-state index contributed by atoms with van der Waals surface area (Å²) in [6.07, 6.45) is 6.89. The molecule has 2 aromatic carbocycles. The molecule has 32 heavy (non-hydrogen) atoms. The Hall–Kier alpha value is -3.93. The molecule has 2 aromatic rings. The molecule has 166 valence electrons. The van der Waals surface area contributed by atoms with Crippen molar-refractivity contribution in [3.63, 3.8) is 0 Å². The van der Waals surface area contributed by atoms with Crippen LogP contribution in [0.1, 0.15) is 49.9 Å². The summed E-state index contributed by atoms with van der Waals surface area (Å²) in [6.45, 7) is 11.4. The van der Waals surface area contributed by atoms with Crippen molar-refractivity contribution >= 4 is 36.1 Å². The SMILES string of the molecule is C=C(C)/C=C/c1c(OC(C)=O)cc(/C=C/c2ccc(C)cc2OC(C)=O)cc1OC(C)=O. The molecule has 0 saturated carbocycles. The molecule has 0 N–H and O–H groups in total. The molecule has 0 bridgehead atoms. The Morgan fingerprint density at radius 2 is 1.28 bits per heavy atom. The summed E-state index contributed by atoms with van der Waals surface area (Å²) < 4.78 is 16.0. The first kappa shape index (κ1) is 24.3. The molecule has 0 aromatic heterocycles. The van der Waals surface area contributed by atoms with Crippen LogP contribution in [-0.4, -0.2) is 17.9 Å². The number of rotatable bonds is 7. The number of carbonyl (C=O) groups is 3. The maximum absolute atomic E-state index is 11.7. The molecule has 2 rings (SSSR count). The summed E-state index contributed by atoms with van der Waals surface area (Å²) in [4.78, 5) is 34.8. The second-order valence-corrected chi connectivity index (χ2v) is 7.27. The Bertz CT molecular complexity index is 1080. The van der Waals surface area contributed by atoms with Gasteiger partial charge >= 0.3 is 17.9 Å². The van der Waals surface area contributed by atoms with Gasteiger partial charge in [0, 0.05) is 26.3 Å². The van der Waals surface area contributed by atoms with Gasteiger partial charge in [-0.05, 0) is 49.2 Å². The number of benzene rings is 2. The highest BCUT2D eigenvalue weighted by atomic mass is 16.5. The fourth-order valence-electron chi connectivity index (χ4n) is 2.79. The molecular weight excluding hydrogens is 408 g/mol. The van der Waals surface area contributed by atoms with Gasteiger partial charge in [-0.3, -0.25) is 14.4 Å². The maximum atomic E-state index is 11.7. The summed E-state index contributed by atoms with van der Waals surface area (Å²) in [7, 11) is 0. The fraction of sp³-hybridized carbons (Fsp3) is 0.192. The Morgan fingerprint density at radius 3 is 1.78 bits per heavy atom. The zero-order valence-corrected chi connectivity index (χ0v) is 18.9. The first-order valence-electron chi connectivity index (χ1n) is 9.90. The van der Waals surface area contributed by atoms with E-state index in [9.17, 15) is 14.4 Å². The van der Waals surface area contributed by atoms with Crippen LogP contribution in [0.2, 0.25) is 0 Å². The van der Waals surface area contributed by atoms with E-state index >= 15 is 0 Å².